The topological polar surface area (TPSA) is 71.1 Å². The van der Waals surface area contributed by atoms with Crippen LogP contribution in [0.4, 0.5) is 11.5 Å². The van der Waals surface area contributed by atoms with Gasteiger partial charge in [-0.3, -0.25) is 4.72 Å². The first-order valence-corrected chi connectivity index (χ1v) is 8.78. The molecule has 21 heavy (non-hydrogen) atoms. The Balaban J connectivity index is 2.29. The van der Waals surface area contributed by atoms with Crippen molar-refractivity contribution in [2.24, 2.45) is 0 Å². The van der Waals surface area contributed by atoms with Crippen LogP contribution < -0.4 is 10.0 Å². The van der Waals surface area contributed by atoms with E-state index >= 15 is 0 Å². The highest BCUT2D eigenvalue weighted by Crippen LogP contribution is 2.23. The summed E-state index contributed by atoms with van der Waals surface area (Å²) in [5, 5.41) is 3.12. The van der Waals surface area contributed by atoms with Crippen LogP contribution >= 0.6 is 15.9 Å². The molecular formula is C14H16BrN3O2S. The molecular weight excluding hydrogens is 354 g/mol. The molecule has 0 radical (unpaired) electrons. The van der Waals surface area contributed by atoms with E-state index < -0.39 is 10.0 Å². The van der Waals surface area contributed by atoms with Gasteiger partial charge in [-0.1, -0.05) is 19.1 Å². The zero-order valence-corrected chi connectivity index (χ0v) is 13.9. The zero-order valence-electron chi connectivity index (χ0n) is 11.5. The van der Waals surface area contributed by atoms with Gasteiger partial charge in [0.1, 0.15) is 10.7 Å². The minimum absolute atomic E-state index is 0.211. The van der Waals surface area contributed by atoms with Gasteiger partial charge in [-0.25, -0.2) is 13.4 Å². The largest absolute Gasteiger partial charge is 0.384 e. The highest BCUT2D eigenvalue weighted by Gasteiger charge is 2.18. The van der Waals surface area contributed by atoms with E-state index in [2.05, 4.69) is 31.0 Å². The number of hydrogen-bond donors (Lipinski definition) is 2. The van der Waals surface area contributed by atoms with Crippen LogP contribution in [0.2, 0.25) is 0 Å². The number of hydrogen-bond acceptors (Lipinski definition) is 4. The van der Waals surface area contributed by atoms with Crippen LogP contribution in [-0.4, -0.2) is 19.9 Å². The van der Waals surface area contributed by atoms with E-state index in [4.69, 9.17) is 0 Å². The lowest BCUT2D eigenvalue weighted by atomic mass is 10.3. The second-order valence-electron chi connectivity index (χ2n) is 4.39. The maximum atomic E-state index is 12.5. The van der Waals surface area contributed by atoms with Crippen molar-refractivity contribution < 1.29 is 8.42 Å². The van der Waals surface area contributed by atoms with E-state index in [1.165, 1.54) is 0 Å². The Morgan fingerprint density at radius 1 is 1.19 bits per heavy atom. The van der Waals surface area contributed by atoms with Crippen LogP contribution in [0, 0.1) is 0 Å². The fraction of sp³-hybridized carbons (Fsp3) is 0.214. The van der Waals surface area contributed by atoms with Crippen LogP contribution in [0.5, 0.6) is 0 Å². The van der Waals surface area contributed by atoms with Gasteiger partial charge in [-0.15, -0.1) is 0 Å². The molecule has 0 aliphatic rings. The fourth-order valence-electron chi connectivity index (χ4n) is 1.74. The minimum Gasteiger partial charge on any atom is -0.384 e. The Morgan fingerprint density at radius 2 is 1.95 bits per heavy atom. The molecule has 0 saturated heterocycles. The SMILES string of the molecule is CCCNc1ccccc1S(=O)(=O)Nc1ccc(Br)cn1. The number of nitrogens with zero attached hydrogens (tertiary/aromatic N) is 1. The standard InChI is InChI=1S/C14H16BrN3O2S/c1-2-9-16-12-5-3-4-6-13(12)21(19,20)18-14-8-7-11(15)10-17-14/h3-8,10,16H,2,9H2,1H3,(H,17,18). The summed E-state index contributed by atoms with van der Waals surface area (Å²) in [7, 11) is -3.68. The highest BCUT2D eigenvalue weighted by atomic mass is 79.9. The van der Waals surface area contributed by atoms with Crippen molar-refractivity contribution in [3.63, 3.8) is 0 Å². The molecule has 0 saturated carbocycles. The third kappa shape index (κ3) is 4.18. The first-order valence-electron chi connectivity index (χ1n) is 6.50. The quantitative estimate of drug-likeness (QED) is 0.817. The fourth-order valence-corrected chi connectivity index (χ4v) is 3.16. The molecule has 7 heteroatoms. The number of para-hydroxylation sites is 1. The van der Waals surface area contributed by atoms with Crippen LogP contribution in [0.25, 0.3) is 0 Å². The van der Waals surface area contributed by atoms with E-state index in [1.54, 1.807) is 42.6 Å². The molecule has 0 spiro atoms. The van der Waals surface area contributed by atoms with E-state index in [-0.39, 0.29) is 10.7 Å². The normalized spacial score (nSPS) is 11.1. The number of nitrogens with one attached hydrogen (secondary N) is 2. The van der Waals surface area contributed by atoms with E-state index in [1.807, 2.05) is 6.92 Å². The molecule has 1 aromatic carbocycles. The summed E-state index contributed by atoms with van der Waals surface area (Å²) >= 11 is 3.26. The summed E-state index contributed by atoms with van der Waals surface area (Å²) in [6.45, 7) is 2.73. The van der Waals surface area contributed by atoms with Crippen LogP contribution in [-0.2, 0) is 10.0 Å². The van der Waals surface area contributed by atoms with Crippen molar-refractivity contribution in [3.8, 4) is 0 Å². The molecule has 2 N–H and O–H groups in total. The number of halogens is 1. The van der Waals surface area contributed by atoms with Crippen molar-refractivity contribution in [2.75, 3.05) is 16.6 Å². The van der Waals surface area contributed by atoms with Gasteiger partial charge in [0.25, 0.3) is 10.0 Å². The van der Waals surface area contributed by atoms with Gasteiger partial charge in [-0.2, -0.15) is 0 Å². The second kappa shape index (κ2) is 6.91. The number of anilines is 2. The summed E-state index contributed by atoms with van der Waals surface area (Å²) < 4.78 is 28.2. The van der Waals surface area contributed by atoms with Gasteiger partial charge in [0, 0.05) is 17.2 Å². The number of sulfonamides is 1. The lowest BCUT2D eigenvalue weighted by molar-refractivity contribution is 0.601. The van der Waals surface area contributed by atoms with E-state index in [9.17, 15) is 8.42 Å². The maximum absolute atomic E-state index is 12.5. The summed E-state index contributed by atoms with van der Waals surface area (Å²) in [5.74, 6) is 0.281. The third-order valence-electron chi connectivity index (χ3n) is 2.71. The number of aromatic nitrogens is 1. The van der Waals surface area contributed by atoms with Gasteiger partial charge in [0.2, 0.25) is 0 Å². The minimum atomic E-state index is -3.68. The van der Waals surface area contributed by atoms with Crippen LogP contribution in [0.3, 0.4) is 0 Å². The first kappa shape index (κ1) is 15.8. The van der Waals surface area contributed by atoms with Crippen LogP contribution in [0.15, 0.2) is 52.0 Å². The Morgan fingerprint density at radius 3 is 2.62 bits per heavy atom. The molecule has 0 fully saturated rings. The highest BCUT2D eigenvalue weighted by molar-refractivity contribution is 9.10. The summed E-state index contributed by atoms with van der Waals surface area (Å²) in [6, 6.07) is 10.1. The average Bonchev–Trinajstić information content (AvgIpc) is 2.47. The molecule has 112 valence electrons. The smallest absolute Gasteiger partial charge is 0.265 e. The molecule has 0 aliphatic heterocycles. The van der Waals surface area contributed by atoms with Crippen molar-refractivity contribution in [1.82, 2.24) is 4.98 Å². The molecule has 2 rings (SSSR count). The number of rotatable bonds is 6. The molecule has 0 unspecified atom stereocenters. The molecule has 0 aliphatic carbocycles. The summed E-state index contributed by atoms with van der Waals surface area (Å²) in [6.07, 6.45) is 2.45. The van der Waals surface area contributed by atoms with Crippen molar-refractivity contribution >= 4 is 37.5 Å². The number of benzene rings is 1. The molecule has 2 aromatic rings. The Hall–Kier alpha value is -1.60. The Labute approximate surface area is 133 Å². The average molecular weight is 370 g/mol. The van der Waals surface area contributed by atoms with Crippen molar-refractivity contribution in [3.05, 3.63) is 47.1 Å². The molecule has 0 bridgehead atoms. The van der Waals surface area contributed by atoms with Gasteiger partial charge in [-0.05, 0) is 46.6 Å². The van der Waals surface area contributed by atoms with Crippen molar-refractivity contribution in [1.29, 1.82) is 0 Å². The lowest BCUT2D eigenvalue weighted by Gasteiger charge is -2.13. The zero-order chi connectivity index (χ0) is 15.3. The van der Waals surface area contributed by atoms with Crippen molar-refractivity contribution in [2.45, 2.75) is 18.2 Å². The van der Waals surface area contributed by atoms with E-state index in [0.717, 1.165) is 10.9 Å². The molecule has 0 atom stereocenters. The van der Waals surface area contributed by atoms with E-state index in [0.29, 0.717) is 12.2 Å². The van der Waals surface area contributed by atoms with Gasteiger partial charge in [0.15, 0.2) is 0 Å². The van der Waals surface area contributed by atoms with Gasteiger partial charge in [0.05, 0.1) is 5.69 Å². The summed E-state index contributed by atoms with van der Waals surface area (Å²) in [4.78, 5) is 4.23. The monoisotopic (exact) mass is 369 g/mol. The number of pyridine rings is 1. The van der Waals surface area contributed by atoms with Gasteiger partial charge >= 0.3 is 0 Å². The Kier molecular flexibility index (Phi) is 5.19. The third-order valence-corrected chi connectivity index (χ3v) is 4.59. The molecule has 5 nitrogen and oxygen atoms in total. The second-order valence-corrected chi connectivity index (χ2v) is 6.96. The molecule has 1 heterocycles. The molecule has 1 aromatic heterocycles. The van der Waals surface area contributed by atoms with Crippen LogP contribution in [0.1, 0.15) is 13.3 Å². The van der Waals surface area contributed by atoms with Gasteiger partial charge < -0.3 is 5.32 Å². The molecule has 0 amide bonds. The maximum Gasteiger partial charge on any atom is 0.265 e. The predicted octanol–water partition coefficient (Wildman–Crippen LogP) is 3.47. The first-order chi connectivity index (χ1) is 10.0. The Bertz CT molecular complexity index is 702. The predicted molar refractivity (Wildman–Crippen MR) is 88.0 cm³/mol. The summed E-state index contributed by atoms with van der Waals surface area (Å²) in [5.41, 5.74) is 0.587. The lowest BCUT2D eigenvalue weighted by Crippen LogP contribution is -2.16.